The highest BCUT2D eigenvalue weighted by molar-refractivity contribution is 5.79. The number of nitrogens with zero attached hydrogens (tertiary/aromatic N) is 2. The molecule has 1 saturated carbocycles. The fraction of sp³-hybridized carbons (Fsp3) is 0.778. The summed E-state index contributed by atoms with van der Waals surface area (Å²) in [7, 11) is 1.82. The fourth-order valence-corrected chi connectivity index (χ4v) is 3.40. The number of aliphatic imine (C=N–C) groups is 1. The number of guanidine groups is 1. The van der Waals surface area contributed by atoms with Gasteiger partial charge in [0.15, 0.2) is 5.96 Å². The minimum atomic E-state index is 0.721. The van der Waals surface area contributed by atoms with Gasteiger partial charge in [-0.1, -0.05) is 51.1 Å². The van der Waals surface area contributed by atoms with Crippen molar-refractivity contribution in [2.24, 2.45) is 10.9 Å². The molecule has 0 unspecified atom stereocenters. The van der Waals surface area contributed by atoms with Crippen molar-refractivity contribution in [3.63, 3.8) is 0 Å². The Hall–Kier alpha value is -1.52. The summed E-state index contributed by atoms with van der Waals surface area (Å²) in [6.07, 6.45) is 10.0. The molecule has 2 N–H and O–H groups in total. The van der Waals surface area contributed by atoms with Crippen LogP contribution in [0.3, 0.4) is 0 Å². The van der Waals surface area contributed by atoms with Crippen LogP contribution in [0.15, 0.2) is 9.52 Å². The molecule has 1 aliphatic carbocycles. The summed E-state index contributed by atoms with van der Waals surface area (Å²) < 4.78 is 5.41. The first kappa shape index (κ1) is 17.8. The molecule has 1 aliphatic rings. The van der Waals surface area contributed by atoms with Crippen LogP contribution in [0, 0.1) is 5.92 Å². The highest BCUT2D eigenvalue weighted by Gasteiger charge is 2.15. The van der Waals surface area contributed by atoms with Crippen LogP contribution in [-0.4, -0.2) is 24.7 Å². The molecule has 1 aromatic heterocycles. The van der Waals surface area contributed by atoms with Crippen molar-refractivity contribution in [2.45, 2.75) is 71.8 Å². The van der Waals surface area contributed by atoms with E-state index in [9.17, 15) is 0 Å². The van der Waals surface area contributed by atoms with Gasteiger partial charge in [-0.2, -0.15) is 0 Å². The molecule has 1 aromatic rings. The maximum absolute atomic E-state index is 5.41. The Morgan fingerprint density at radius 3 is 2.61 bits per heavy atom. The third-order valence-corrected chi connectivity index (χ3v) is 4.83. The van der Waals surface area contributed by atoms with Gasteiger partial charge in [-0.05, 0) is 18.8 Å². The third-order valence-electron chi connectivity index (χ3n) is 4.83. The standard InChI is InChI=1S/C18H32N4O/c1-4-16-15(17(5-2)23-22-16)13-21-18(19-3)20-12-11-14-9-7-6-8-10-14/h14H,4-13H2,1-3H3,(H2,19,20,21). The van der Waals surface area contributed by atoms with Gasteiger partial charge in [0.25, 0.3) is 0 Å². The molecular weight excluding hydrogens is 288 g/mol. The zero-order chi connectivity index (χ0) is 16.5. The van der Waals surface area contributed by atoms with Gasteiger partial charge in [0.1, 0.15) is 5.76 Å². The number of nitrogens with one attached hydrogen (secondary N) is 2. The highest BCUT2D eigenvalue weighted by Crippen LogP contribution is 2.25. The average Bonchev–Trinajstić information content (AvgIpc) is 3.00. The molecule has 5 heteroatoms. The van der Waals surface area contributed by atoms with Gasteiger partial charge in [0.2, 0.25) is 0 Å². The number of aromatic nitrogens is 1. The van der Waals surface area contributed by atoms with E-state index in [0.717, 1.165) is 49.3 Å². The second kappa shape index (κ2) is 9.58. The van der Waals surface area contributed by atoms with E-state index >= 15 is 0 Å². The lowest BCUT2D eigenvalue weighted by atomic mass is 9.87. The molecule has 1 heterocycles. The van der Waals surface area contributed by atoms with Crippen molar-refractivity contribution < 1.29 is 4.52 Å². The van der Waals surface area contributed by atoms with Crippen LogP contribution in [0.4, 0.5) is 0 Å². The van der Waals surface area contributed by atoms with Crippen LogP contribution < -0.4 is 10.6 Å². The summed E-state index contributed by atoms with van der Waals surface area (Å²) in [4.78, 5) is 4.32. The lowest BCUT2D eigenvalue weighted by Crippen LogP contribution is -2.38. The topological polar surface area (TPSA) is 62.5 Å². The Labute approximate surface area is 140 Å². The molecular formula is C18H32N4O. The Morgan fingerprint density at radius 2 is 1.96 bits per heavy atom. The maximum atomic E-state index is 5.41. The Bertz CT molecular complexity index is 468. The largest absolute Gasteiger partial charge is 0.361 e. The van der Waals surface area contributed by atoms with Gasteiger partial charge >= 0.3 is 0 Å². The molecule has 2 rings (SSSR count). The van der Waals surface area contributed by atoms with Crippen LogP contribution in [0.2, 0.25) is 0 Å². The zero-order valence-corrected chi connectivity index (χ0v) is 15.0. The first-order valence-corrected chi connectivity index (χ1v) is 9.19. The van der Waals surface area contributed by atoms with Crippen LogP contribution in [-0.2, 0) is 19.4 Å². The molecule has 0 spiro atoms. The lowest BCUT2D eigenvalue weighted by Gasteiger charge is -2.22. The van der Waals surface area contributed by atoms with Crippen molar-refractivity contribution in [3.05, 3.63) is 17.0 Å². The Kier molecular flexibility index (Phi) is 7.43. The predicted molar refractivity (Wildman–Crippen MR) is 94.7 cm³/mol. The number of hydrogen-bond donors (Lipinski definition) is 2. The average molecular weight is 320 g/mol. The molecule has 1 fully saturated rings. The molecule has 0 aromatic carbocycles. The maximum Gasteiger partial charge on any atom is 0.191 e. The van der Waals surface area contributed by atoms with Crippen LogP contribution in [0.25, 0.3) is 0 Å². The van der Waals surface area contributed by atoms with Gasteiger partial charge in [0, 0.05) is 32.1 Å². The zero-order valence-electron chi connectivity index (χ0n) is 15.0. The summed E-state index contributed by atoms with van der Waals surface area (Å²) in [6.45, 7) is 5.92. The SMILES string of the molecule is CCc1noc(CC)c1CNC(=NC)NCCC1CCCCC1. The molecule has 130 valence electrons. The van der Waals surface area contributed by atoms with E-state index < -0.39 is 0 Å². The minimum absolute atomic E-state index is 0.721. The highest BCUT2D eigenvalue weighted by atomic mass is 16.5. The van der Waals surface area contributed by atoms with Crippen LogP contribution in [0.5, 0.6) is 0 Å². The summed E-state index contributed by atoms with van der Waals surface area (Å²) in [5.74, 6) is 2.74. The molecule has 0 atom stereocenters. The van der Waals surface area contributed by atoms with Crippen molar-refractivity contribution >= 4 is 5.96 Å². The van der Waals surface area contributed by atoms with Gasteiger partial charge in [0.05, 0.1) is 5.69 Å². The van der Waals surface area contributed by atoms with E-state index in [1.807, 2.05) is 7.05 Å². The third kappa shape index (κ3) is 5.26. The van der Waals surface area contributed by atoms with Crippen molar-refractivity contribution in [1.82, 2.24) is 15.8 Å². The molecule has 0 radical (unpaired) electrons. The van der Waals surface area contributed by atoms with E-state index in [2.05, 4.69) is 34.6 Å². The van der Waals surface area contributed by atoms with Crippen LogP contribution >= 0.6 is 0 Å². The van der Waals surface area contributed by atoms with Gasteiger partial charge in [-0.3, -0.25) is 4.99 Å². The quantitative estimate of drug-likeness (QED) is 0.597. The summed E-state index contributed by atoms with van der Waals surface area (Å²) in [6, 6.07) is 0. The van der Waals surface area contributed by atoms with Crippen molar-refractivity contribution in [1.29, 1.82) is 0 Å². The Balaban J connectivity index is 1.77. The molecule has 5 nitrogen and oxygen atoms in total. The van der Waals surface area contributed by atoms with E-state index in [-0.39, 0.29) is 0 Å². The smallest absolute Gasteiger partial charge is 0.191 e. The van der Waals surface area contributed by atoms with E-state index in [1.54, 1.807) is 0 Å². The fourth-order valence-electron chi connectivity index (χ4n) is 3.40. The molecule has 0 bridgehead atoms. The molecule has 23 heavy (non-hydrogen) atoms. The minimum Gasteiger partial charge on any atom is -0.361 e. The lowest BCUT2D eigenvalue weighted by molar-refractivity contribution is 0.339. The number of hydrogen-bond acceptors (Lipinski definition) is 3. The van der Waals surface area contributed by atoms with E-state index in [0.29, 0.717) is 0 Å². The van der Waals surface area contributed by atoms with E-state index in [4.69, 9.17) is 4.52 Å². The van der Waals surface area contributed by atoms with E-state index in [1.165, 1.54) is 44.1 Å². The molecule has 0 amide bonds. The van der Waals surface area contributed by atoms with Crippen LogP contribution in [0.1, 0.15) is 69.4 Å². The molecule has 0 aliphatic heterocycles. The second-order valence-corrected chi connectivity index (χ2v) is 6.38. The molecule has 0 saturated heterocycles. The summed E-state index contributed by atoms with van der Waals surface area (Å²) in [5.41, 5.74) is 2.23. The first-order chi connectivity index (χ1) is 11.3. The monoisotopic (exact) mass is 320 g/mol. The summed E-state index contributed by atoms with van der Waals surface area (Å²) >= 11 is 0. The number of rotatable bonds is 7. The first-order valence-electron chi connectivity index (χ1n) is 9.19. The second-order valence-electron chi connectivity index (χ2n) is 6.38. The predicted octanol–water partition coefficient (Wildman–Crippen LogP) is 3.43. The van der Waals surface area contributed by atoms with Gasteiger partial charge in [-0.25, -0.2) is 0 Å². The van der Waals surface area contributed by atoms with Gasteiger partial charge < -0.3 is 15.2 Å². The normalized spacial score (nSPS) is 16.6. The number of aryl methyl sites for hydroxylation is 2. The van der Waals surface area contributed by atoms with Crippen molar-refractivity contribution in [2.75, 3.05) is 13.6 Å². The summed E-state index contributed by atoms with van der Waals surface area (Å²) in [5, 5.41) is 11.0. The van der Waals surface area contributed by atoms with Gasteiger partial charge in [-0.15, -0.1) is 0 Å². The van der Waals surface area contributed by atoms with Crippen molar-refractivity contribution in [3.8, 4) is 0 Å². The Morgan fingerprint density at radius 1 is 1.17 bits per heavy atom.